The average Bonchev–Trinajstić information content (AvgIpc) is 3.23. The molecular formula is C74H148N6O4. The molecule has 1 rings (SSSR count). The van der Waals surface area contributed by atoms with Crippen molar-refractivity contribution in [1.29, 1.82) is 0 Å². The lowest BCUT2D eigenvalue weighted by Gasteiger charge is -2.27. The molecule has 0 heterocycles. The first kappa shape index (κ1) is 80.5. The highest BCUT2D eigenvalue weighted by molar-refractivity contribution is 5.74. The highest BCUT2D eigenvalue weighted by atomic mass is 16.3. The number of aliphatic hydroxyl groups excluding tert-OH is 2. The molecule has 498 valence electrons. The molecule has 0 saturated carbocycles. The summed E-state index contributed by atoms with van der Waals surface area (Å²) in [6.45, 7) is 18.8. The van der Waals surface area contributed by atoms with E-state index in [0.717, 1.165) is 90.9 Å². The number of aliphatic hydroxyl groups is 2. The third-order valence-electron chi connectivity index (χ3n) is 18.1. The number of nitrogens with one attached hydrogen (secondary N) is 4. The first-order valence-electron chi connectivity index (χ1n) is 37.9. The van der Waals surface area contributed by atoms with Gasteiger partial charge >= 0.3 is 0 Å². The van der Waals surface area contributed by atoms with Gasteiger partial charge in [0.25, 0.3) is 10.9 Å². The summed E-state index contributed by atoms with van der Waals surface area (Å²) in [5.41, 5.74) is -0.571. The molecule has 0 saturated heterocycles. The summed E-state index contributed by atoms with van der Waals surface area (Å²) >= 11 is 0. The Hall–Kier alpha value is -1.56. The quantitative estimate of drug-likeness (QED) is 0.0277. The Morgan fingerprint density at radius 3 is 0.679 bits per heavy atom. The molecule has 1 aromatic carbocycles. The Morgan fingerprint density at radius 1 is 0.274 bits per heavy atom. The van der Waals surface area contributed by atoms with Crippen LogP contribution in [0, 0.1) is 0 Å². The zero-order valence-corrected chi connectivity index (χ0v) is 57.0. The summed E-state index contributed by atoms with van der Waals surface area (Å²) in [4.78, 5) is 30.6. The molecule has 6 N–H and O–H groups in total. The Morgan fingerprint density at radius 2 is 0.452 bits per heavy atom. The first-order chi connectivity index (χ1) is 41.4. The zero-order chi connectivity index (χ0) is 60.7. The summed E-state index contributed by atoms with van der Waals surface area (Å²) in [5, 5.41) is 36.5. The van der Waals surface area contributed by atoms with E-state index in [1.54, 1.807) is 0 Å². The molecule has 2 atom stereocenters. The van der Waals surface area contributed by atoms with Gasteiger partial charge in [-0.2, -0.15) is 0 Å². The van der Waals surface area contributed by atoms with Gasteiger partial charge in [-0.1, -0.05) is 310 Å². The maximum Gasteiger partial charge on any atom is 0.253 e. The van der Waals surface area contributed by atoms with Gasteiger partial charge < -0.3 is 41.3 Å². The molecule has 0 aliphatic heterocycles. The third-order valence-corrected chi connectivity index (χ3v) is 18.1. The van der Waals surface area contributed by atoms with Crippen LogP contribution in [-0.2, 0) is 0 Å². The number of anilines is 2. The zero-order valence-electron chi connectivity index (χ0n) is 57.0. The van der Waals surface area contributed by atoms with Crippen molar-refractivity contribution in [3.63, 3.8) is 0 Å². The van der Waals surface area contributed by atoms with E-state index in [-0.39, 0.29) is 24.5 Å². The maximum atomic E-state index is 12.9. The van der Waals surface area contributed by atoms with E-state index in [1.807, 2.05) is 0 Å². The standard InChI is InChI=1S/C74H148N6O4/c1-5-9-13-17-21-25-29-33-37-41-45-49-57-75-59-51-55-63-79(61-53-47-43-39-35-31-27-23-19-15-11-7-3)67-69(81)65-77-71-72(74(84)73(71)83)78-66-70(82)68-80(62-54-48-44-40-36-32-28-24-20-16-12-8-4)64-56-52-60-76-58-50-46-42-38-34-30-26-22-18-14-10-6-2/h69-70,75-78,81-82H,5-68H2,1-4H3. The van der Waals surface area contributed by atoms with Crippen molar-refractivity contribution in [2.24, 2.45) is 0 Å². The number of hydrogen-bond acceptors (Lipinski definition) is 10. The Labute approximate surface area is 523 Å². The molecular weight excluding hydrogens is 1040 g/mol. The number of nitrogens with zero attached hydrogens (tertiary/aromatic N) is 2. The Balaban J connectivity index is 2.61. The van der Waals surface area contributed by atoms with E-state index >= 15 is 0 Å². The van der Waals surface area contributed by atoms with E-state index in [4.69, 9.17) is 0 Å². The van der Waals surface area contributed by atoms with E-state index in [1.165, 1.54) is 295 Å². The lowest BCUT2D eigenvalue weighted by Crippen LogP contribution is -2.43. The molecule has 84 heavy (non-hydrogen) atoms. The molecule has 0 fully saturated rings. The summed E-state index contributed by atoms with van der Waals surface area (Å²) in [5.74, 6) is 0. The lowest BCUT2D eigenvalue weighted by atomic mass is 10.1. The predicted molar refractivity (Wildman–Crippen MR) is 372 cm³/mol. The monoisotopic (exact) mass is 1190 g/mol. The predicted octanol–water partition coefficient (Wildman–Crippen LogP) is 19.0. The second-order valence-electron chi connectivity index (χ2n) is 26.5. The van der Waals surface area contributed by atoms with Crippen molar-refractivity contribution in [1.82, 2.24) is 20.4 Å². The maximum absolute atomic E-state index is 12.9. The summed E-state index contributed by atoms with van der Waals surface area (Å²) in [6, 6.07) is 0. The fraction of sp³-hybridized carbons (Fsp3) is 0.946. The minimum absolute atomic E-state index is 0.207. The summed E-state index contributed by atoms with van der Waals surface area (Å²) in [7, 11) is 0. The van der Waals surface area contributed by atoms with Gasteiger partial charge in [-0.15, -0.1) is 0 Å². The second-order valence-corrected chi connectivity index (χ2v) is 26.5. The highest BCUT2D eigenvalue weighted by Gasteiger charge is 2.23. The Kier molecular flexibility index (Phi) is 61.7. The van der Waals surface area contributed by atoms with Gasteiger partial charge in [0.1, 0.15) is 11.4 Å². The minimum atomic E-state index is -0.674. The molecule has 0 aliphatic carbocycles. The van der Waals surface area contributed by atoms with E-state index in [0.29, 0.717) is 13.1 Å². The van der Waals surface area contributed by atoms with Crippen molar-refractivity contribution in [2.75, 3.05) is 89.2 Å². The van der Waals surface area contributed by atoms with Crippen molar-refractivity contribution in [3.05, 3.63) is 20.4 Å². The van der Waals surface area contributed by atoms with Crippen LogP contribution < -0.4 is 32.1 Å². The normalized spacial score (nSPS) is 12.7. The van der Waals surface area contributed by atoms with Crippen LogP contribution in [0.1, 0.15) is 362 Å². The van der Waals surface area contributed by atoms with Gasteiger partial charge in [0, 0.05) is 26.2 Å². The van der Waals surface area contributed by atoms with E-state index in [2.05, 4.69) is 58.8 Å². The molecule has 0 spiro atoms. The highest BCUT2D eigenvalue weighted by Crippen LogP contribution is 2.19. The van der Waals surface area contributed by atoms with Crippen molar-refractivity contribution in [2.45, 2.75) is 374 Å². The van der Waals surface area contributed by atoms with Crippen LogP contribution >= 0.6 is 0 Å². The molecule has 10 nitrogen and oxygen atoms in total. The van der Waals surface area contributed by atoms with Gasteiger partial charge in [0.15, 0.2) is 0 Å². The van der Waals surface area contributed by atoms with Crippen LogP contribution in [0.15, 0.2) is 9.59 Å². The minimum Gasteiger partial charge on any atom is -0.390 e. The van der Waals surface area contributed by atoms with Gasteiger partial charge in [-0.05, 0) is 104 Å². The topological polar surface area (TPSA) is 129 Å². The summed E-state index contributed by atoms with van der Waals surface area (Å²) < 4.78 is 0. The van der Waals surface area contributed by atoms with Crippen molar-refractivity contribution in [3.8, 4) is 0 Å². The molecule has 0 aliphatic rings. The van der Waals surface area contributed by atoms with Crippen LogP contribution in [0.3, 0.4) is 0 Å². The fourth-order valence-electron chi connectivity index (χ4n) is 12.4. The van der Waals surface area contributed by atoms with E-state index in [9.17, 15) is 19.8 Å². The first-order valence-corrected chi connectivity index (χ1v) is 37.9. The van der Waals surface area contributed by atoms with Gasteiger partial charge in [-0.3, -0.25) is 9.59 Å². The number of hydrogen-bond donors (Lipinski definition) is 6. The Bertz CT molecular complexity index is 1410. The number of unbranched alkanes of at least 4 members (excludes halogenated alkanes) is 46. The van der Waals surface area contributed by atoms with Crippen LogP contribution in [0.25, 0.3) is 0 Å². The number of rotatable bonds is 72. The molecule has 10 heteroatoms. The van der Waals surface area contributed by atoms with Crippen LogP contribution in [0.2, 0.25) is 0 Å². The van der Waals surface area contributed by atoms with Crippen molar-refractivity contribution < 1.29 is 10.2 Å². The molecule has 1 aromatic rings. The molecule has 0 bridgehead atoms. The largest absolute Gasteiger partial charge is 0.390 e. The second kappa shape index (κ2) is 64.4. The third kappa shape index (κ3) is 52.4. The van der Waals surface area contributed by atoms with Gasteiger partial charge in [0.05, 0.1) is 12.2 Å². The molecule has 0 radical (unpaired) electrons. The van der Waals surface area contributed by atoms with E-state index < -0.39 is 23.1 Å². The van der Waals surface area contributed by atoms with Crippen molar-refractivity contribution >= 4 is 11.4 Å². The molecule has 0 amide bonds. The van der Waals surface area contributed by atoms with Crippen LogP contribution in [0.5, 0.6) is 0 Å². The SMILES string of the molecule is CCCCCCCCCCCCCCNCCCCN(CCCCCCCCCCCCCC)CC(O)CNc1c(NCC(O)CN(CCCCCCCCCCCCCC)CCCCNCCCCCCCCCCCCCC)c(=O)c1=O. The molecule has 0 aromatic heterocycles. The van der Waals surface area contributed by atoms with Gasteiger partial charge in [0.2, 0.25) is 0 Å². The van der Waals surface area contributed by atoms with Gasteiger partial charge in [-0.25, -0.2) is 0 Å². The van der Waals surface area contributed by atoms with Crippen LogP contribution in [0.4, 0.5) is 11.4 Å². The molecule has 2 unspecified atom stereocenters. The van der Waals surface area contributed by atoms with Crippen LogP contribution in [-0.4, -0.2) is 111 Å². The smallest absolute Gasteiger partial charge is 0.253 e. The summed E-state index contributed by atoms with van der Waals surface area (Å²) in [6.07, 6.45) is 68.0. The lowest BCUT2D eigenvalue weighted by molar-refractivity contribution is 0.118. The average molecular weight is 1190 g/mol. The fourth-order valence-corrected chi connectivity index (χ4v) is 12.4.